The summed E-state index contributed by atoms with van der Waals surface area (Å²) in [5, 5.41) is 0.227. The Labute approximate surface area is 393 Å². The molecule has 8 rings (SSSR count). The van der Waals surface area contributed by atoms with Crippen LogP contribution in [0.2, 0.25) is 0 Å². The first-order valence-corrected chi connectivity index (χ1v) is 36.8. The van der Waals surface area contributed by atoms with E-state index in [0.717, 1.165) is 49.2 Å². The molecule has 0 heterocycles. The van der Waals surface area contributed by atoms with Crippen molar-refractivity contribution in [2.75, 3.05) is 0 Å². The molecule has 0 saturated carbocycles. The summed E-state index contributed by atoms with van der Waals surface area (Å²) >= 11 is -1.53. The molecule has 0 spiro atoms. The molecule has 0 N–H and O–H groups in total. The molecular weight excluding hydrogens is 1010 g/mol. The van der Waals surface area contributed by atoms with Crippen molar-refractivity contribution in [2.45, 2.75) is 26.6 Å². The standard InChI is InChI=1S/C15H12N2O2S.6C7H7.2Sn/c18-13-7-3-1-5-11(13)9-16-15(20)17-10-12-6-2-4-8-14(12)19;6*1-7-5-3-2-4-6-7;;/h1-10,18-19H;6*2-6H,1H2;;/q;;;;;;;2*+1/p-2. The molecule has 0 bridgehead atoms. The second-order valence-corrected chi connectivity index (χ2v) is 37.5. The average Bonchev–Trinajstić information content (AvgIpc) is 3.33. The van der Waals surface area contributed by atoms with E-state index in [1.807, 2.05) is 36.7 Å². The van der Waals surface area contributed by atoms with Gasteiger partial charge in [0.2, 0.25) is 0 Å². The molecule has 0 radical (unpaired) electrons. The van der Waals surface area contributed by atoms with Gasteiger partial charge in [0.05, 0.1) is 0 Å². The predicted octanol–water partition coefficient (Wildman–Crippen LogP) is 12.8. The van der Waals surface area contributed by atoms with Crippen LogP contribution in [0.15, 0.2) is 241 Å². The number of aliphatic imine (C=N–C) groups is 2. The van der Waals surface area contributed by atoms with Gasteiger partial charge in [-0.05, 0) is 0 Å². The summed E-state index contributed by atoms with van der Waals surface area (Å²) in [5.74, 6) is 1.66. The minimum atomic E-state index is -3.68. The van der Waals surface area contributed by atoms with E-state index in [2.05, 4.69) is 206 Å². The zero-order valence-corrected chi connectivity index (χ0v) is 42.5. The number of rotatable bonds is 18. The second-order valence-electron chi connectivity index (χ2n) is 16.4. The maximum atomic E-state index is 7.52. The van der Waals surface area contributed by atoms with Crippen LogP contribution < -0.4 is 6.15 Å². The Bertz CT molecular complexity index is 2350. The number of hydrogen-bond acceptors (Lipinski definition) is 3. The van der Waals surface area contributed by atoms with Crippen LogP contribution in [0.4, 0.5) is 0 Å². The fourth-order valence-corrected chi connectivity index (χ4v) is 32.5. The van der Waals surface area contributed by atoms with Crippen molar-refractivity contribution >= 4 is 67.3 Å². The first-order valence-electron chi connectivity index (χ1n) is 21.9. The molecule has 0 saturated heterocycles. The van der Waals surface area contributed by atoms with E-state index in [0.29, 0.717) is 0 Å². The average molecular weight is 1070 g/mol. The summed E-state index contributed by atoms with van der Waals surface area (Å²) in [6, 6.07) is 81.2. The number of benzene rings is 8. The fraction of sp³-hybridized carbons (Fsp3) is 0.105. The van der Waals surface area contributed by atoms with Gasteiger partial charge < -0.3 is 0 Å². The fourth-order valence-electron chi connectivity index (χ4n) is 8.51. The first kappa shape index (κ1) is 45.0. The van der Waals surface area contributed by atoms with E-state index in [4.69, 9.17) is 28.4 Å². The third-order valence-electron chi connectivity index (χ3n) is 11.3. The van der Waals surface area contributed by atoms with Gasteiger partial charge in [0.25, 0.3) is 0 Å². The van der Waals surface area contributed by atoms with Crippen LogP contribution in [0.3, 0.4) is 0 Å². The molecule has 0 amide bonds. The van der Waals surface area contributed by atoms with E-state index in [1.54, 1.807) is 0 Å². The number of para-hydroxylation sites is 2. The topological polar surface area (TPSA) is 43.2 Å². The Balaban J connectivity index is 1.07. The number of thiocarbonyl (C=S) groups is 1. The van der Waals surface area contributed by atoms with Crippen LogP contribution in [0.1, 0.15) is 44.5 Å². The van der Waals surface area contributed by atoms with Gasteiger partial charge in [0.15, 0.2) is 0 Å². The van der Waals surface area contributed by atoms with E-state index in [9.17, 15) is 0 Å². The Hall–Kier alpha value is -5.61. The summed E-state index contributed by atoms with van der Waals surface area (Å²) in [7, 11) is 0. The van der Waals surface area contributed by atoms with Crippen molar-refractivity contribution < 1.29 is 6.15 Å². The van der Waals surface area contributed by atoms with Gasteiger partial charge in [-0.3, -0.25) is 0 Å². The third kappa shape index (κ3) is 13.2. The van der Waals surface area contributed by atoms with Crippen molar-refractivity contribution in [1.82, 2.24) is 0 Å². The molecule has 0 fully saturated rings. The molecular formula is C57H52N2O2SSn2. The van der Waals surface area contributed by atoms with E-state index >= 15 is 0 Å². The molecule has 0 aliphatic rings. The normalized spacial score (nSPS) is 11.8. The molecule has 8 aromatic rings. The van der Waals surface area contributed by atoms with Gasteiger partial charge in [-0.25, -0.2) is 0 Å². The number of nitrogens with zero attached hydrogens (tertiary/aromatic N) is 2. The molecule has 4 nitrogen and oxygen atoms in total. The zero-order chi connectivity index (χ0) is 43.7. The monoisotopic (exact) mass is 1070 g/mol. The Kier molecular flexibility index (Phi) is 16.0. The van der Waals surface area contributed by atoms with E-state index < -0.39 is 37.6 Å². The van der Waals surface area contributed by atoms with Gasteiger partial charge in [-0.2, -0.15) is 0 Å². The van der Waals surface area contributed by atoms with Gasteiger partial charge in [-0.1, -0.05) is 0 Å². The quantitative estimate of drug-likeness (QED) is 0.0489. The van der Waals surface area contributed by atoms with Gasteiger partial charge >= 0.3 is 397 Å². The molecule has 316 valence electrons. The number of hydrogen-bond donors (Lipinski definition) is 0. The molecule has 0 aromatic heterocycles. The Morgan fingerprint density at radius 2 is 0.547 bits per heavy atom. The van der Waals surface area contributed by atoms with Crippen LogP contribution in [0.25, 0.3) is 0 Å². The van der Waals surface area contributed by atoms with Crippen LogP contribution >= 0.6 is 12.2 Å². The molecule has 8 aromatic carbocycles. The van der Waals surface area contributed by atoms with Gasteiger partial charge in [-0.15, -0.1) is 0 Å². The summed E-state index contributed by atoms with van der Waals surface area (Å²) in [4.78, 5) is 9.50. The van der Waals surface area contributed by atoms with E-state index in [1.165, 1.54) is 33.4 Å². The van der Waals surface area contributed by atoms with Crippen molar-refractivity contribution in [1.29, 1.82) is 0 Å². The molecule has 0 aliphatic carbocycles. The summed E-state index contributed by atoms with van der Waals surface area (Å²) in [5.41, 5.74) is 9.57. The van der Waals surface area contributed by atoms with Crippen LogP contribution in [-0.2, 0) is 26.6 Å². The van der Waals surface area contributed by atoms with E-state index in [-0.39, 0.29) is 5.11 Å². The van der Waals surface area contributed by atoms with Gasteiger partial charge in [0.1, 0.15) is 0 Å². The van der Waals surface area contributed by atoms with Crippen LogP contribution in [0, 0.1) is 0 Å². The zero-order valence-electron chi connectivity index (χ0n) is 36.0. The third-order valence-corrected chi connectivity index (χ3v) is 33.3. The van der Waals surface area contributed by atoms with Gasteiger partial charge in [0, 0.05) is 0 Å². The summed E-state index contributed by atoms with van der Waals surface area (Å²) in [6.45, 7) is 0. The molecule has 0 aliphatic heterocycles. The maximum absolute atomic E-state index is 7.52. The molecule has 64 heavy (non-hydrogen) atoms. The van der Waals surface area contributed by atoms with Crippen molar-refractivity contribution in [3.05, 3.63) is 275 Å². The summed E-state index contributed by atoms with van der Waals surface area (Å²) in [6.07, 6.45) is 3.62. The second kappa shape index (κ2) is 22.8. The van der Waals surface area contributed by atoms with Crippen molar-refractivity contribution in [2.24, 2.45) is 9.98 Å². The Morgan fingerprint density at radius 1 is 0.328 bits per heavy atom. The van der Waals surface area contributed by atoms with Crippen molar-refractivity contribution in [3.63, 3.8) is 0 Å². The minimum absolute atomic E-state index is 0.227. The Morgan fingerprint density at radius 3 is 0.797 bits per heavy atom. The van der Waals surface area contributed by atoms with Crippen LogP contribution in [-0.4, -0.2) is 55.1 Å². The first-order chi connectivity index (χ1) is 31.5. The molecule has 0 unspecified atom stereocenters. The SMILES string of the molecule is S=C(N=Cc1ccccc1[O][Sn]([CH2]c1ccccc1)([CH2]c1ccccc1)[CH2]c1ccccc1)N=Cc1ccccc1[O][Sn]([CH2]c1ccccc1)([CH2]c1ccccc1)[CH2]c1ccccc1. The van der Waals surface area contributed by atoms with Crippen molar-refractivity contribution in [3.8, 4) is 11.5 Å². The van der Waals surface area contributed by atoms with Crippen LogP contribution in [0.5, 0.6) is 11.5 Å². The molecule has 7 heteroatoms. The molecule has 0 atom stereocenters. The predicted molar refractivity (Wildman–Crippen MR) is 274 cm³/mol. The summed E-state index contributed by atoms with van der Waals surface area (Å²) < 4.78 is 20.6.